The third kappa shape index (κ3) is 4.96. The standard InChI is InChI=1S/C15H21NOS/c1-11(2)13-7-8-15(16)14(10-13)6-4-5-9-18-12(3)17/h4,6-8,10-11H,5,9,16H2,1-3H3. The van der Waals surface area contributed by atoms with Gasteiger partial charge in [-0.3, -0.25) is 4.79 Å². The first-order chi connectivity index (χ1) is 8.50. The highest BCUT2D eigenvalue weighted by Gasteiger charge is 2.01. The molecule has 0 aliphatic rings. The van der Waals surface area contributed by atoms with Crippen LogP contribution in [0.15, 0.2) is 24.3 Å². The SMILES string of the molecule is CC(=O)SCCC=Cc1cc(C(C)C)ccc1N. The van der Waals surface area contributed by atoms with Crippen molar-refractivity contribution in [2.45, 2.75) is 33.1 Å². The van der Waals surface area contributed by atoms with E-state index < -0.39 is 0 Å². The van der Waals surface area contributed by atoms with Gasteiger partial charge in [0, 0.05) is 18.4 Å². The van der Waals surface area contributed by atoms with E-state index in [0.29, 0.717) is 5.92 Å². The Bertz CT molecular complexity index is 438. The van der Waals surface area contributed by atoms with Gasteiger partial charge in [-0.1, -0.05) is 43.8 Å². The van der Waals surface area contributed by atoms with Crippen molar-refractivity contribution in [1.29, 1.82) is 0 Å². The minimum atomic E-state index is 0.171. The number of hydrogen-bond donors (Lipinski definition) is 1. The molecule has 0 bridgehead atoms. The first kappa shape index (κ1) is 14.8. The molecule has 0 saturated heterocycles. The van der Waals surface area contributed by atoms with Crippen LogP contribution in [-0.2, 0) is 4.79 Å². The van der Waals surface area contributed by atoms with E-state index >= 15 is 0 Å². The van der Waals surface area contributed by atoms with Crippen molar-refractivity contribution in [3.8, 4) is 0 Å². The van der Waals surface area contributed by atoms with E-state index in [-0.39, 0.29) is 5.12 Å². The summed E-state index contributed by atoms with van der Waals surface area (Å²) in [6, 6.07) is 6.16. The third-order valence-electron chi connectivity index (χ3n) is 2.66. The molecule has 0 aliphatic carbocycles. The lowest BCUT2D eigenvalue weighted by Gasteiger charge is -2.08. The molecule has 0 saturated carbocycles. The van der Waals surface area contributed by atoms with Gasteiger partial charge < -0.3 is 5.73 Å². The van der Waals surface area contributed by atoms with E-state index in [1.807, 2.05) is 12.1 Å². The number of nitrogens with two attached hydrogens (primary N) is 1. The van der Waals surface area contributed by atoms with Crippen LogP contribution in [0.1, 0.15) is 44.2 Å². The molecule has 0 unspecified atom stereocenters. The van der Waals surface area contributed by atoms with Crippen molar-refractivity contribution in [3.05, 3.63) is 35.4 Å². The molecule has 0 atom stereocenters. The van der Waals surface area contributed by atoms with Gasteiger partial charge in [-0.25, -0.2) is 0 Å². The normalized spacial score (nSPS) is 11.3. The van der Waals surface area contributed by atoms with Crippen molar-refractivity contribution in [1.82, 2.24) is 0 Å². The van der Waals surface area contributed by atoms with E-state index in [1.165, 1.54) is 17.3 Å². The van der Waals surface area contributed by atoms with Gasteiger partial charge >= 0.3 is 0 Å². The van der Waals surface area contributed by atoms with Crippen molar-refractivity contribution >= 4 is 28.6 Å². The van der Waals surface area contributed by atoms with Gasteiger partial charge in [0.15, 0.2) is 5.12 Å². The second kappa shape index (κ2) is 7.27. The Morgan fingerprint density at radius 3 is 2.78 bits per heavy atom. The van der Waals surface area contributed by atoms with Crippen molar-refractivity contribution in [2.75, 3.05) is 11.5 Å². The number of carbonyl (C=O) groups is 1. The summed E-state index contributed by atoms with van der Waals surface area (Å²) in [5.41, 5.74) is 9.10. The molecule has 0 heterocycles. The molecule has 0 radical (unpaired) electrons. The van der Waals surface area contributed by atoms with E-state index in [1.54, 1.807) is 6.92 Å². The Labute approximate surface area is 114 Å². The number of hydrogen-bond acceptors (Lipinski definition) is 3. The van der Waals surface area contributed by atoms with Crippen molar-refractivity contribution in [3.63, 3.8) is 0 Å². The summed E-state index contributed by atoms with van der Waals surface area (Å²) in [6.07, 6.45) is 5.00. The largest absolute Gasteiger partial charge is 0.398 e. The number of anilines is 1. The minimum Gasteiger partial charge on any atom is -0.398 e. The van der Waals surface area contributed by atoms with E-state index in [4.69, 9.17) is 5.73 Å². The summed E-state index contributed by atoms with van der Waals surface area (Å²) >= 11 is 1.36. The average molecular weight is 263 g/mol. The fraction of sp³-hybridized carbons (Fsp3) is 0.400. The molecule has 2 N–H and O–H groups in total. The Morgan fingerprint density at radius 1 is 1.44 bits per heavy atom. The molecule has 1 aromatic carbocycles. The van der Waals surface area contributed by atoms with Gasteiger partial charge in [0.1, 0.15) is 0 Å². The maximum absolute atomic E-state index is 10.8. The summed E-state index contributed by atoms with van der Waals surface area (Å²) in [6.45, 7) is 5.93. The molecule has 0 fully saturated rings. The fourth-order valence-corrected chi connectivity index (χ4v) is 2.12. The molecular weight excluding hydrogens is 242 g/mol. The monoisotopic (exact) mass is 263 g/mol. The lowest BCUT2D eigenvalue weighted by Crippen LogP contribution is -1.93. The topological polar surface area (TPSA) is 43.1 Å². The summed E-state index contributed by atoms with van der Waals surface area (Å²) in [7, 11) is 0. The molecule has 0 aromatic heterocycles. The van der Waals surface area contributed by atoms with E-state index in [9.17, 15) is 4.79 Å². The zero-order valence-electron chi connectivity index (χ0n) is 11.3. The Kier molecular flexibility index (Phi) is 5.99. The van der Waals surface area contributed by atoms with E-state index in [2.05, 4.69) is 32.1 Å². The van der Waals surface area contributed by atoms with Crippen LogP contribution in [0.2, 0.25) is 0 Å². The van der Waals surface area contributed by atoms with Gasteiger partial charge in [-0.05, 0) is 35.6 Å². The van der Waals surface area contributed by atoms with Crippen LogP contribution in [0.4, 0.5) is 5.69 Å². The molecule has 0 spiro atoms. The van der Waals surface area contributed by atoms with Crippen LogP contribution in [0.5, 0.6) is 0 Å². The maximum Gasteiger partial charge on any atom is 0.185 e. The molecule has 0 aliphatic heterocycles. The predicted octanol–water partition coefficient (Wildman–Crippen LogP) is 4.08. The fourth-order valence-electron chi connectivity index (χ4n) is 1.58. The molecular formula is C15H21NOS. The number of nitrogen functional groups attached to an aromatic ring is 1. The zero-order valence-corrected chi connectivity index (χ0v) is 12.1. The number of allylic oxidation sites excluding steroid dienone is 1. The lowest BCUT2D eigenvalue weighted by atomic mass is 9.99. The predicted molar refractivity (Wildman–Crippen MR) is 81.7 cm³/mol. The number of rotatable bonds is 5. The summed E-state index contributed by atoms with van der Waals surface area (Å²) in [5.74, 6) is 1.33. The first-order valence-electron chi connectivity index (χ1n) is 6.20. The quantitative estimate of drug-likeness (QED) is 0.643. The average Bonchev–Trinajstić information content (AvgIpc) is 2.30. The highest BCUT2D eigenvalue weighted by Crippen LogP contribution is 2.21. The van der Waals surface area contributed by atoms with Crippen molar-refractivity contribution < 1.29 is 4.79 Å². The molecule has 1 aromatic rings. The van der Waals surface area contributed by atoms with Gasteiger partial charge in [-0.15, -0.1) is 0 Å². The molecule has 98 valence electrons. The molecule has 3 heteroatoms. The maximum atomic E-state index is 10.8. The lowest BCUT2D eigenvalue weighted by molar-refractivity contribution is -0.109. The van der Waals surface area contributed by atoms with Crippen LogP contribution in [0.3, 0.4) is 0 Å². The molecule has 18 heavy (non-hydrogen) atoms. The summed E-state index contributed by atoms with van der Waals surface area (Å²) < 4.78 is 0. The Hall–Kier alpha value is -1.22. The van der Waals surface area contributed by atoms with Crippen LogP contribution in [0.25, 0.3) is 6.08 Å². The number of carbonyl (C=O) groups excluding carboxylic acids is 1. The third-order valence-corrected chi connectivity index (χ3v) is 3.51. The summed E-state index contributed by atoms with van der Waals surface area (Å²) in [5, 5.41) is 0.171. The first-order valence-corrected chi connectivity index (χ1v) is 7.18. The second-order valence-corrected chi connectivity index (χ2v) is 5.85. The molecule has 2 nitrogen and oxygen atoms in total. The smallest absolute Gasteiger partial charge is 0.185 e. The second-order valence-electron chi connectivity index (χ2n) is 4.57. The van der Waals surface area contributed by atoms with Crippen molar-refractivity contribution in [2.24, 2.45) is 0 Å². The molecule has 0 amide bonds. The number of benzene rings is 1. The van der Waals surface area contributed by atoms with Crippen LogP contribution < -0.4 is 5.73 Å². The zero-order chi connectivity index (χ0) is 13.5. The Balaban J connectivity index is 2.62. The van der Waals surface area contributed by atoms with Gasteiger partial charge in [0.25, 0.3) is 0 Å². The summed E-state index contributed by atoms with van der Waals surface area (Å²) in [4.78, 5) is 10.8. The van der Waals surface area contributed by atoms with Gasteiger partial charge in [0.2, 0.25) is 0 Å². The van der Waals surface area contributed by atoms with Gasteiger partial charge in [0.05, 0.1) is 0 Å². The molecule has 1 rings (SSSR count). The van der Waals surface area contributed by atoms with Crippen LogP contribution in [-0.4, -0.2) is 10.9 Å². The van der Waals surface area contributed by atoms with Crippen LogP contribution in [0, 0.1) is 0 Å². The van der Waals surface area contributed by atoms with Gasteiger partial charge in [-0.2, -0.15) is 0 Å². The Morgan fingerprint density at radius 2 is 2.17 bits per heavy atom. The minimum absolute atomic E-state index is 0.171. The highest BCUT2D eigenvalue weighted by molar-refractivity contribution is 8.13. The van der Waals surface area contributed by atoms with Crippen LogP contribution >= 0.6 is 11.8 Å². The highest BCUT2D eigenvalue weighted by atomic mass is 32.2. The number of thioether (sulfide) groups is 1. The van der Waals surface area contributed by atoms with E-state index in [0.717, 1.165) is 23.4 Å².